The Morgan fingerprint density at radius 1 is 0.714 bits per heavy atom. The van der Waals surface area contributed by atoms with Crippen molar-refractivity contribution in [3.05, 3.63) is 108 Å². The number of halogens is 3. The maximum atomic E-state index is 13.1. The molecule has 0 bridgehead atoms. The van der Waals surface area contributed by atoms with E-state index in [1.54, 1.807) is 36.4 Å². The minimum Gasteiger partial charge on any atom is -0.457 e. The van der Waals surface area contributed by atoms with Gasteiger partial charge in [0.1, 0.15) is 41.4 Å². The lowest BCUT2D eigenvalue weighted by Gasteiger charge is -2.32. The van der Waals surface area contributed by atoms with Crippen molar-refractivity contribution >= 4 is 49.1 Å². The zero-order chi connectivity index (χ0) is 33.6. The van der Waals surface area contributed by atoms with E-state index < -0.39 is 25.4 Å². The maximum absolute atomic E-state index is 13.1. The Labute approximate surface area is 305 Å². The monoisotopic (exact) mass is 790 g/mol. The summed E-state index contributed by atoms with van der Waals surface area (Å²) in [6.07, 6.45) is 0. The molecule has 8 nitrogen and oxygen atoms in total. The highest BCUT2D eigenvalue weighted by atomic mass is 127. The molecule has 1 fully saturated rings. The van der Waals surface area contributed by atoms with E-state index in [0.717, 1.165) is 22.1 Å². The molecule has 0 amide bonds. The van der Waals surface area contributed by atoms with Crippen LogP contribution in [-0.4, -0.2) is 43.9 Å². The summed E-state index contributed by atoms with van der Waals surface area (Å²) in [5.74, 6) is 1.77. The number of rotatable bonds is 10. The molecule has 0 spiro atoms. The van der Waals surface area contributed by atoms with E-state index in [1.807, 2.05) is 58.9 Å². The molecule has 0 aromatic heterocycles. The third kappa shape index (κ3) is 10.5. The minimum absolute atomic E-state index is 0. The van der Waals surface area contributed by atoms with Gasteiger partial charge in [0.15, 0.2) is 0 Å². The summed E-state index contributed by atoms with van der Waals surface area (Å²) in [7, 11) is -1.36. The van der Waals surface area contributed by atoms with Gasteiger partial charge in [-0.2, -0.15) is 0 Å². The van der Waals surface area contributed by atoms with Crippen LogP contribution in [-0.2, 0) is 36.7 Å². The van der Waals surface area contributed by atoms with Gasteiger partial charge in [0.2, 0.25) is 0 Å². The van der Waals surface area contributed by atoms with E-state index in [1.165, 1.54) is 24.3 Å². The van der Waals surface area contributed by atoms with Crippen LogP contribution in [0, 0.1) is 11.6 Å². The molecule has 0 unspecified atom stereocenters. The van der Waals surface area contributed by atoms with Crippen molar-refractivity contribution in [2.45, 2.75) is 66.5 Å². The van der Waals surface area contributed by atoms with Crippen molar-refractivity contribution in [2.24, 2.45) is 0 Å². The first-order valence-electron chi connectivity index (χ1n) is 15.4. The second kappa shape index (κ2) is 17.8. The summed E-state index contributed by atoms with van der Waals surface area (Å²) in [5, 5.41) is 9.49. The fraction of sp³-hybridized carbons (Fsp3) is 0.333. The molecular formula is C36H43B2F2IO8. The van der Waals surface area contributed by atoms with Gasteiger partial charge in [0.05, 0.1) is 24.4 Å². The number of benzene rings is 4. The van der Waals surface area contributed by atoms with Crippen LogP contribution in [0.15, 0.2) is 84.9 Å². The molecule has 13 heteroatoms. The standard InChI is InChI=1S/C22H28BFO5.C13H10BFO3.CH4.HI/c1-6-25-15-26-14-16-13-19(27-18-9-7-17(24)8-10-18)11-12-20(16)23-28-21(2,3)22(4,5)29-23;15-10-1-3-11(4-2-10)18-12-5-6-13-9(7-12)8-17-14(13)16;;/h7-13H,6,14-15H2,1-5H3;1-7,16H,8H2;1H4;1H. The van der Waals surface area contributed by atoms with Gasteiger partial charge >= 0.3 is 14.2 Å². The highest BCUT2D eigenvalue weighted by molar-refractivity contribution is 14.0. The van der Waals surface area contributed by atoms with Crippen molar-refractivity contribution in [2.75, 3.05) is 13.4 Å². The highest BCUT2D eigenvalue weighted by Gasteiger charge is 2.52. The lowest BCUT2D eigenvalue weighted by atomic mass is 9.76. The van der Waals surface area contributed by atoms with Gasteiger partial charge < -0.3 is 37.9 Å². The molecule has 1 saturated heterocycles. The molecule has 4 aromatic rings. The van der Waals surface area contributed by atoms with Crippen molar-refractivity contribution in [3.8, 4) is 23.0 Å². The summed E-state index contributed by atoms with van der Waals surface area (Å²) < 4.78 is 65.7. The van der Waals surface area contributed by atoms with Gasteiger partial charge in [-0.1, -0.05) is 19.6 Å². The Hall–Kier alpha value is -3.04. The van der Waals surface area contributed by atoms with E-state index in [2.05, 4.69) is 0 Å². The first-order valence-corrected chi connectivity index (χ1v) is 15.4. The quantitative estimate of drug-likeness (QED) is 0.0766. The normalized spacial score (nSPS) is 15.3. The van der Waals surface area contributed by atoms with Crippen molar-refractivity contribution < 1.29 is 46.7 Å². The molecule has 1 N–H and O–H groups in total. The predicted molar refractivity (Wildman–Crippen MR) is 197 cm³/mol. The second-order valence-electron chi connectivity index (χ2n) is 12.0. The third-order valence-corrected chi connectivity index (χ3v) is 8.13. The molecular weight excluding hydrogens is 747 g/mol. The Morgan fingerprint density at radius 3 is 1.73 bits per heavy atom. The van der Waals surface area contributed by atoms with Gasteiger partial charge in [-0.15, -0.1) is 24.0 Å². The first kappa shape index (κ1) is 40.4. The second-order valence-corrected chi connectivity index (χ2v) is 12.0. The Balaban J connectivity index is 0.000000280. The molecule has 2 aliphatic heterocycles. The fourth-order valence-corrected chi connectivity index (χ4v) is 4.81. The van der Waals surface area contributed by atoms with E-state index in [-0.39, 0.29) is 49.8 Å². The number of fused-ring (bicyclic) bond motifs is 1. The summed E-state index contributed by atoms with van der Waals surface area (Å²) >= 11 is 0. The van der Waals surface area contributed by atoms with E-state index >= 15 is 0 Å². The zero-order valence-electron chi connectivity index (χ0n) is 27.5. The molecule has 0 radical (unpaired) electrons. The predicted octanol–water partition coefficient (Wildman–Crippen LogP) is 7.52. The summed E-state index contributed by atoms with van der Waals surface area (Å²) in [6.45, 7) is 11.5. The molecule has 0 saturated carbocycles. The molecule has 0 atom stereocenters. The number of hydrogen-bond donors (Lipinski definition) is 1. The molecule has 2 heterocycles. The summed E-state index contributed by atoms with van der Waals surface area (Å²) in [6, 6.07) is 22.7. The van der Waals surface area contributed by atoms with Gasteiger partial charge in [-0.25, -0.2) is 8.78 Å². The van der Waals surface area contributed by atoms with Crippen LogP contribution in [0.25, 0.3) is 0 Å². The molecule has 4 aromatic carbocycles. The first-order chi connectivity index (χ1) is 22.4. The van der Waals surface area contributed by atoms with Crippen molar-refractivity contribution in [1.29, 1.82) is 0 Å². The van der Waals surface area contributed by atoms with Gasteiger partial charge in [-0.3, -0.25) is 0 Å². The fourth-order valence-electron chi connectivity index (χ4n) is 4.81. The average Bonchev–Trinajstić information content (AvgIpc) is 3.51. The van der Waals surface area contributed by atoms with E-state index in [4.69, 9.17) is 32.9 Å². The summed E-state index contributed by atoms with van der Waals surface area (Å²) in [4.78, 5) is 0. The number of ether oxygens (including phenoxy) is 4. The van der Waals surface area contributed by atoms with Gasteiger partial charge in [-0.05, 0) is 129 Å². The van der Waals surface area contributed by atoms with Crippen LogP contribution in [0.1, 0.15) is 53.2 Å². The van der Waals surface area contributed by atoms with Crippen LogP contribution in [0.2, 0.25) is 0 Å². The molecule has 49 heavy (non-hydrogen) atoms. The minimum atomic E-state index is -0.847. The van der Waals surface area contributed by atoms with E-state index in [0.29, 0.717) is 42.8 Å². The Bertz CT molecular complexity index is 1630. The van der Waals surface area contributed by atoms with Crippen molar-refractivity contribution in [1.82, 2.24) is 0 Å². The largest absolute Gasteiger partial charge is 0.495 e. The van der Waals surface area contributed by atoms with Gasteiger partial charge in [0.25, 0.3) is 0 Å². The van der Waals surface area contributed by atoms with Gasteiger partial charge in [0, 0.05) is 6.61 Å². The zero-order valence-corrected chi connectivity index (χ0v) is 29.9. The van der Waals surface area contributed by atoms with Crippen LogP contribution < -0.4 is 20.4 Å². The van der Waals surface area contributed by atoms with Crippen LogP contribution in [0.5, 0.6) is 23.0 Å². The number of hydrogen-bond acceptors (Lipinski definition) is 8. The highest BCUT2D eigenvalue weighted by Crippen LogP contribution is 2.37. The van der Waals surface area contributed by atoms with E-state index in [9.17, 15) is 13.8 Å². The third-order valence-electron chi connectivity index (χ3n) is 8.13. The summed E-state index contributed by atoms with van der Waals surface area (Å²) in [5.41, 5.74) is 2.55. The topological polar surface area (TPSA) is 84.8 Å². The van der Waals surface area contributed by atoms with Crippen molar-refractivity contribution in [3.63, 3.8) is 0 Å². The van der Waals surface area contributed by atoms with Crippen LogP contribution in [0.3, 0.4) is 0 Å². The lowest BCUT2D eigenvalue weighted by Crippen LogP contribution is -2.41. The maximum Gasteiger partial charge on any atom is 0.495 e. The van der Waals surface area contributed by atoms with Crippen LogP contribution >= 0.6 is 24.0 Å². The molecule has 6 rings (SSSR count). The van der Waals surface area contributed by atoms with Crippen LogP contribution in [0.4, 0.5) is 8.78 Å². The lowest BCUT2D eigenvalue weighted by molar-refractivity contribution is -0.0570. The SMILES string of the molecule is C.CCOCOCc1cc(Oc2ccc(F)cc2)ccc1B1OC(C)(C)C(C)(C)O1.I.OB1OCc2cc(Oc3ccc(F)cc3)ccc21. The molecule has 0 aliphatic carbocycles. The smallest absolute Gasteiger partial charge is 0.457 e. The molecule has 2 aliphatic rings. The Kier molecular flexibility index (Phi) is 14.6. The molecule has 262 valence electrons. The average molecular weight is 790 g/mol. The Morgan fingerprint density at radius 2 is 1.20 bits per heavy atom.